The summed E-state index contributed by atoms with van der Waals surface area (Å²) in [6.45, 7) is 8.27. The normalized spacial score (nSPS) is 16.6. The summed E-state index contributed by atoms with van der Waals surface area (Å²) >= 11 is 0. The molecule has 0 aliphatic carbocycles. The average molecular weight is 498 g/mol. The van der Waals surface area contributed by atoms with E-state index in [1.165, 1.54) is 0 Å². The van der Waals surface area contributed by atoms with E-state index in [9.17, 15) is 0 Å². The molecule has 0 bridgehead atoms. The molecule has 2 aromatic heterocycles. The van der Waals surface area contributed by atoms with Gasteiger partial charge in [-0.25, -0.2) is 9.97 Å². The van der Waals surface area contributed by atoms with Crippen LogP contribution in [-0.4, -0.2) is 28.3 Å². The summed E-state index contributed by atoms with van der Waals surface area (Å²) < 4.78 is 18.6. The molecule has 0 radical (unpaired) electrons. The highest BCUT2D eigenvalue weighted by molar-refractivity contribution is 6.62. The Balaban J connectivity index is 1.31. The van der Waals surface area contributed by atoms with Crippen LogP contribution in [0.1, 0.15) is 27.7 Å². The summed E-state index contributed by atoms with van der Waals surface area (Å²) in [5.74, 6) is 0.663. The third-order valence-electron chi connectivity index (χ3n) is 7.95. The molecule has 6 heteroatoms. The van der Waals surface area contributed by atoms with Crippen LogP contribution >= 0.6 is 0 Å². The summed E-state index contributed by atoms with van der Waals surface area (Å²) in [7, 11) is -0.401. The van der Waals surface area contributed by atoms with Gasteiger partial charge >= 0.3 is 7.12 Å². The fourth-order valence-electron chi connectivity index (χ4n) is 5.07. The van der Waals surface area contributed by atoms with Gasteiger partial charge in [0.05, 0.1) is 22.4 Å². The van der Waals surface area contributed by atoms with Crippen molar-refractivity contribution in [2.24, 2.45) is 0 Å². The third-order valence-corrected chi connectivity index (χ3v) is 7.95. The van der Waals surface area contributed by atoms with E-state index in [2.05, 4.69) is 76.2 Å². The molecule has 186 valence electrons. The van der Waals surface area contributed by atoms with Crippen LogP contribution in [0, 0.1) is 0 Å². The van der Waals surface area contributed by atoms with Gasteiger partial charge in [-0.3, -0.25) is 0 Å². The maximum Gasteiger partial charge on any atom is 0.494 e. The fraction of sp³-hybridized carbons (Fsp3) is 0.188. The number of hydrogen-bond donors (Lipinski definition) is 0. The Morgan fingerprint density at radius 2 is 1.24 bits per heavy atom. The van der Waals surface area contributed by atoms with Crippen LogP contribution in [-0.2, 0) is 9.31 Å². The summed E-state index contributed by atoms with van der Waals surface area (Å²) in [5, 5.41) is 3.20. The minimum Gasteiger partial charge on any atom is -0.456 e. The molecule has 4 aromatic carbocycles. The number of para-hydroxylation sites is 2. The van der Waals surface area contributed by atoms with Crippen molar-refractivity contribution in [2.75, 3.05) is 0 Å². The Kier molecular flexibility index (Phi) is 5.03. The molecule has 0 unspecified atom stereocenters. The summed E-state index contributed by atoms with van der Waals surface area (Å²) in [5.41, 5.74) is 5.64. The molecule has 0 amide bonds. The quantitative estimate of drug-likeness (QED) is 0.242. The maximum absolute atomic E-state index is 6.24. The highest BCUT2D eigenvalue weighted by Gasteiger charge is 2.51. The third kappa shape index (κ3) is 3.63. The Morgan fingerprint density at radius 3 is 2.00 bits per heavy atom. The smallest absolute Gasteiger partial charge is 0.456 e. The minimum atomic E-state index is -0.401. The van der Waals surface area contributed by atoms with Crippen molar-refractivity contribution >= 4 is 45.4 Å². The lowest BCUT2D eigenvalue weighted by molar-refractivity contribution is 0.00578. The highest BCUT2D eigenvalue weighted by atomic mass is 16.7. The summed E-state index contributed by atoms with van der Waals surface area (Å²) in [4.78, 5) is 9.97. The van der Waals surface area contributed by atoms with Gasteiger partial charge in [0.1, 0.15) is 11.2 Å². The van der Waals surface area contributed by atoms with E-state index in [0.29, 0.717) is 5.82 Å². The standard InChI is InChI=1S/C32H27BN2O3/c1-31(2)32(3,4)38-33(37-31)22-16-13-20(14-17-22)29-25-10-5-7-11-26(25)34-30(35-29)21-15-18-24-23-9-6-8-12-27(23)36-28(24)19-21/h5-19H,1-4H3. The lowest BCUT2D eigenvalue weighted by Gasteiger charge is -2.32. The fourth-order valence-corrected chi connectivity index (χ4v) is 5.07. The Morgan fingerprint density at radius 1 is 0.605 bits per heavy atom. The number of rotatable bonds is 3. The zero-order chi connectivity index (χ0) is 26.1. The van der Waals surface area contributed by atoms with Crippen LogP contribution in [0.3, 0.4) is 0 Å². The molecule has 0 atom stereocenters. The van der Waals surface area contributed by atoms with E-state index in [1.54, 1.807) is 0 Å². The number of fused-ring (bicyclic) bond motifs is 4. The van der Waals surface area contributed by atoms with Gasteiger partial charge in [-0.05, 0) is 57.4 Å². The molecular weight excluding hydrogens is 471 g/mol. The van der Waals surface area contributed by atoms with Crippen molar-refractivity contribution in [1.29, 1.82) is 0 Å². The van der Waals surface area contributed by atoms with Gasteiger partial charge in [-0.1, -0.05) is 66.7 Å². The van der Waals surface area contributed by atoms with E-state index in [1.807, 2.05) is 42.5 Å². The van der Waals surface area contributed by atoms with Gasteiger partial charge in [0.15, 0.2) is 5.82 Å². The number of nitrogens with zero attached hydrogens (tertiary/aromatic N) is 2. The molecule has 7 rings (SSSR count). The number of furan rings is 1. The number of benzene rings is 4. The predicted molar refractivity (Wildman–Crippen MR) is 153 cm³/mol. The van der Waals surface area contributed by atoms with Crippen LogP contribution in [0.25, 0.3) is 55.5 Å². The van der Waals surface area contributed by atoms with Crippen LogP contribution in [0.15, 0.2) is 95.4 Å². The zero-order valence-corrected chi connectivity index (χ0v) is 21.9. The SMILES string of the molecule is CC1(C)OB(c2ccc(-c3nc(-c4ccc5c(c4)oc4ccccc45)nc4ccccc34)cc2)OC1(C)C. The molecule has 1 saturated heterocycles. The van der Waals surface area contributed by atoms with Gasteiger partial charge in [-0.15, -0.1) is 0 Å². The average Bonchev–Trinajstić information content (AvgIpc) is 3.40. The van der Waals surface area contributed by atoms with Crippen molar-refractivity contribution < 1.29 is 13.7 Å². The van der Waals surface area contributed by atoms with Crippen LogP contribution in [0.4, 0.5) is 0 Å². The number of hydrogen-bond acceptors (Lipinski definition) is 5. The van der Waals surface area contributed by atoms with Crippen LogP contribution in [0.2, 0.25) is 0 Å². The lowest BCUT2D eigenvalue weighted by atomic mass is 9.78. The largest absolute Gasteiger partial charge is 0.494 e. The van der Waals surface area contributed by atoms with Gasteiger partial charge in [-0.2, -0.15) is 0 Å². The minimum absolute atomic E-state index is 0.380. The Hall–Kier alpha value is -4.00. The van der Waals surface area contributed by atoms with Crippen molar-refractivity contribution in [3.05, 3.63) is 91.0 Å². The second-order valence-electron chi connectivity index (χ2n) is 10.9. The highest BCUT2D eigenvalue weighted by Crippen LogP contribution is 2.37. The monoisotopic (exact) mass is 498 g/mol. The molecular formula is C32H27BN2O3. The van der Waals surface area contributed by atoms with E-state index in [-0.39, 0.29) is 11.2 Å². The molecule has 0 spiro atoms. The van der Waals surface area contributed by atoms with Gasteiger partial charge < -0.3 is 13.7 Å². The van der Waals surface area contributed by atoms with E-state index >= 15 is 0 Å². The van der Waals surface area contributed by atoms with Crippen molar-refractivity contribution in [3.8, 4) is 22.6 Å². The molecule has 5 nitrogen and oxygen atoms in total. The van der Waals surface area contributed by atoms with Gasteiger partial charge in [0.25, 0.3) is 0 Å². The topological polar surface area (TPSA) is 57.4 Å². The Bertz CT molecular complexity index is 1820. The zero-order valence-electron chi connectivity index (χ0n) is 21.9. The maximum atomic E-state index is 6.24. The van der Waals surface area contributed by atoms with Crippen molar-refractivity contribution in [2.45, 2.75) is 38.9 Å². The molecule has 1 aliphatic rings. The summed E-state index contributed by atoms with van der Waals surface area (Å²) in [6.07, 6.45) is 0. The second kappa shape index (κ2) is 8.25. The van der Waals surface area contributed by atoms with E-state index < -0.39 is 7.12 Å². The van der Waals surface area contributed by atoms with Crippen LogP contribution < -0.4 is 5.46 Å². The molecule has 0 saturated carbocycles. The molecule has 1 fully saturated rings. The predicted octanol–water partition coefficient (Wildman–Crippen LogP) is 7.16. The van der Waals surface area contributed by atoms with Gasteiger partial charge in [0, 0.05) is 27.3 Å². The first kappa shape index (κ1) is 23.1. The first-order valence-electron chi connectivity index (χ1n) is 12.9. The van der Waals surface area contributed by atoms with Crippen LogP contribution in [0.5, 0.6) is 0 Å². The van der Waals surface area contributed by atoms with Gasteiger partial charge in [0.2, 0.25) is 0 Å². The second-order valence-corrected chi connectivity index (χ2v) is 10.9. The molecule has 38 heavy (non-hydrogen) atoms. The molecule has 6 aromatic rings. The molecule has 1 aliphatic heterocycles. The van der Waals surface area contributed by atoms with Crippen molar-refractivity contribution in [1.82, 2.24) is 9.97 Å². The molecule has 0 N–H and O–H groups in total. The number of aromatic nitrogens is 2. The first-order valence-corrected chi connectivity index (χ1v) is 12.9. The lowest BCUT2D eigenvalue weighted by Crippen LogP contribution is -2.41. The summed E-state index contributed by atoms with van der Waals surface area (Å²) in [6, 6.07) is 30.7. The van der Waals surface area contributed by atoms with E-state index in [4.69, 9.17) is 23.7 Å². The van der Waals surface area contributed by atoms with Crippen molar-refractivity contribution in [3.63, 3.8) is 0 Å². The molecule has 3 heterocycles. The first-order chi connectivity index (χ1) is 18.3. The Labute approximate surface area is 221 Å². The van der Waals surface area contributed by atoms with E-state index in [0.717, 1.165) is 55.1 Å².